The van der Waals surface area contributed by atoms with Crippen LogP contribution in [0.4, 0.5) is 26.3 Å². The van der Waals surface area contributed by atoms with E-state index in [1.54, 1.807) is 6.07 Å². The molecule has 0 heterocycles. The van der Waals surface area contributed by atoms with Crippen molar-refractivity contribution in [2.75, 3.05) is 7.11 Å². The minimum absolute atomic E-state index is 0.00463. The molecule has 0 bridgehead atoms. The number of methoxy groups -OCH3 is 1. The molecule has 0 fully saturated rings. The minimum atomic E-state index is -4.91. The van der Waals surface area contributed by atoms with Gasteiger partial charge in [0, 0.05) is 6.07 Å². The van der Waals surface area contributed by atoms with Gasteiger partial charge in [-0.2, -0.15) is 26.3 Å². The summed E-state index contributed by atoms with van der Waals surface area (Å²) < 4.78 is 77.8. The molecule has 0 saturated heterocycles. The summed E-state index contributed by atoms with van der Waals surface area (Å²) >= 11 is 0. The second-order valence-corrected chi connectivity index (χ2v) is 2.83. The van der Waals surface area contributed by atoms with Crippen LogP contribution in [0.1, 0.15) is 11.1 Å². The quantitative estimate of drug-likeness (QED) is 0.685. The summed E-state index contributed by atoms with van der Waals surface area (Å²) in [6, 6.07) is 2.21. The summed E-state index contributed by atoms with van der Waals surface area (Å²) in [6.07, 6.45) is -9.76. The molecule has 1 radical (unpaired) electrons. The van der Waals surface area contributed by atoms with E-state index in [2.05, 4.69) is 4.74 Å². The maximum absolute atomic E-state index is 12.3. The van der Waals surface area contributed by atoms with Crippen LogP contribution in [0.2, 0.25) is 0 Å². The third-order valence-electron chi connectivity index (χ3n) is 1.74. The van der Waals surface area contributed by atoms with Crippen LogP contribution in [0.25, 0.3) is 0 Å². The van der Waals surface area contributed by atoms with Crippen LogP contribution >= 0.6 is 0 Å². The van der Waals surface area contributed by atoms with E-state index < -0.39 is 29.2 Å². The zero-order valence-electron chi connectivity index (χ0n) is 7.83. The van der Waals surface area contributed by atoms with E-state index in [0.717, 1.165) is 7.11 Å². The predicted octanol–water partition coefficient (Wildman–Crippen LogP) is 3.53. The first-order valence-corrected chi connectivity index (χ1v) is 3.90. The lowest BCUT2D eigenvalue weighted by molar-refractivity contribution is -0.143. The first-order valence-electron chi connectivity index (χ1n) is 3.90. The lowest BCUT2D eigenvalue weighted by Crippen LogP contribution is -2.12. The summed E-state index contributed by atoms with van der Waals surface area (Å²) in [4.78, 5) is 0. The van der Waals surface area contributed by atoms with Gasteiger partial charge in [-0.1, -0.05) is 0 Å². The molecule has 1 rings (SSSR count). The normalized spacial score (nSPS) is 12.7. The van der Waals surface area contributed by atoms with Crippen molar-refractivity contribution in [2.24, 2.45) is 0 Å². The number of alkyl halides is 6. The Morgan fingerprint density at radius 2 is 1.62 bits per heavy atom. The molecule has 1 aromatic rings. The number of rotatable bonds is 1. The molecule has 1 nitrogen and oxygen atoms in total. The molecule has 0 aliphatic heterocycles. The highest BCUT2D eigenvalue weighted by Crippen LogP contribution is 2.39. The maximum Gasteiger partial charge on any atom is 0.420 e. The number of benzene rings is 1. The molecule has 0 saturated carbocycles. The Hall–Kier alpha value is -1.40. The Morgan fingerprint density at radius 1 is 1.06 bits per heavy atom. The van der Waals surface area contributed by atoms with Crippen molar-refractivity contribution >= 4 is 0 Å². The van der Waals surface area contributed by atoms with Crippen molar-refractivity contribution < 1.29 is 31.1 Å². The third-order valence-corrected chi connectivity index (χ3v) is 1.74. The van der Waals surface area contributed by atoms with Crippen molar-refractivity contribution in [1.82, 2.24) is 0 Å². The molecule has 0 unspecified atom stereocenters. The highest BCUT2D eigenvalue weighted by Gasteiger charge is 2.38. The third kappa shape index (κ3) is 2.59. The fraction of sp³-hybridized carbons (Fsp3) is 0.333. The Morgan fingerprint density at radius 3 is 2.00 bits per heavy atom. The van der Waals surface area contributed by atoms with Crippen LogP contribution in [-0.2, 0) is 12.4 Å². The van der Waals surface area contributed by atoms with Crippen LogP contribution in [0, 0.1) is 6.07 Å². The van der Waals surface area contributed by atoms with E-state index in [9.17, 15) is 26.3 Å². The van der Waals surface area contributed by atoms with Crippen molar-refractivity contribution in [3.63, 3.8) is 0 Å². The molecule has 16 heavy (non-hydrogen) atoms. The topological polar surface area (TPSA) is 9.23 Å². The molecule has 0 aliphatic rings. The lowest BCUT2D eigenvalue weighted by Gasteiger charge is -2.14. The monoisotopic (exact) mass is 243 g/mol. The maximum atomic E-state index is 12.3. The number of ether oxygens (including phenoxy) is 1. The molecule has 0 aromatic heterocycles. The molecule has 0 N–H and O–H groups in total. The number of hydrogen-bond acceptors (Lipinski definition) is 1. The summed E-state index contributed by atoms with van der Waals surface area (Å²) in [5.74, 6) is -0.763. The van der Waals surface area contributed by atoms with Gasteiger partial charge in [-0.05, 0) is 12.1 Å². The van der Waals surface area contributed by atoms with Crippen molar-refractivity contribution in [2.45, 2.75) is 12.4 Å². The molecule has 0 atom stereocenters. The van der Waals surface area contributed by atoms with Gasteiger partial charge in [0.05, 0.1) is 18.2 Å². The molecular formula is C9H5F6O. The van der Waals surface area contributed by atoms with Crippen molar-refractivity contribution in [3.8, 4) is 5.75 Å². The molecule has 89 valence electrons. The average Bonchev–Trinajstić information content (AvgIpc) is 2.14. The van der Waals surface area contributed by atoms with Gasteiger partial charge < -0.3 is 4.74 Å². The highest BCUT2D eigenvalue weighted by molar-refractivity contribution is 5.39. The first kappa shape index (κ1) is 12.7. The summed E-state index contributed by atoms with van der Waals surface area (Å²) in [6.45, 7) is 0. The number of hydrogen-bond donors (Lipinski definition) is 0. The van der Waals surface area contributed by atoms with Crippen LogP contribution in [0.15, 0.2) is 12.1 Å². The van der Waals surface area contributed by atoms with Gasteiger partial charge in [-0.3, -0.25) is 0 Å². The van der Waals surface area contributed by atoms with Crippen LogP contribution < -0.4 is 4.74 Å². The summed E-state index contributed by atoms with van der Waals surface area (Å²) in [5.41, 5.74) is -2.91. The van der Waals surface area contributed by atoms with Gasteiger partial charge in [0.2, 0.25) is 0 Å². The standard InChI is InChI=1S/C9H5F6O/c1-16-7-3-2-5(8(10,11)12)4-6(7)9(13,14)15/h2,4H,1H3. The smallest absolute Gasteiger partial charge is 0.420 e. The van der Waals surface area contributed by atoms with E-state index in [1.807, 2.05) is 0 Å². The van der Waals surface area contributed by atoms with Gasteiger partial charge in [-0.25, -0.2) is 0 Å². The zero-order valence-corrected chi connectivity index (χ0v) is 7.83. The number of halogens is 6. The zero-order chi connectivity index (χ0) is 12.6. The largest absolute Gasteiger partial charge is 0.495 e. The Labute approximate surface area is 86.6 Å². The van der Waals surface area contributed by atoms with Crippen LogP contribution in [0.5, 0.6) is 5.75 Å². The van der Waals surface area contributed by atoms with E-state index in [1.165, 1.54) is 0 Å². The molecule has 7 heteroatoms. The van der Waals surface area contributed by atoms with Gasteiger partial charge >= 0.3 is 12.4 Å². The highest BCUT2D eigenvalue weighted by atomic mass is 19.4. The molecular weight excluding hydrogens is 238 g/mol. The summed E-state index contributed by atoms with van der Waals surface area (Å²) in [5, 5.41) is 0. The van der Waals surface area contributed by atoms with Gasteiger partial charge in [-0.15, -0.1) is 0 Å². The first-order chi connectivity index (χ1) is 7.16. The molecule has 0 aliphatic carbocycles. The van der Waals surface area contributed by atoms with E-state index >= 15 is 0 Å². The van der Waals surface area contributed by atoms with E-state index in [0.29, 0.717) is 6.07 Å². The molecule has 0 spiro atoms. The fourth-order valence-corrected chi connectivity index (χ4v) is 1.03. The molecule has 0 amide bonds. The fourth-order valence-electron chi connectivity index (χ4n) is 1.03. The van der Waals surface area contributed by atoms with Crippen LogP contribution in [0.3, 0.4) is 0 Å². The van der Waals surface area contributed by atoms with Gasteiger partial charge in [0.25, 0.3) is 0 Å². The Balaban J connectivity index is 3.34. The summed E-state index contributed by atoms with van der Waals surface area (Å²) in [7, 11) is 0.925. The van der Waals surface area contributed by atoms with Gasteiger partial charge in [0.1, 0.15) is 5.75 Å². The Bertz CT molecular complexity index is 379. The van der Waals surface area contributed by atoms with Crippen molar-refractivity contribution in [3.05, 3.63) is 29.3 Å². The predicted molar refractivity (Wildman–Crippen MR) is 41.8 cm³/mol. The van der Waals surface area contributed by atoms with Gasteiger partial charge in [0.15, 0.2) is 0 Å². The van der Waals surface area contributed by atoms with Crippen molar-refractivity contribution in [1.29, 1.82) is 0 Å². The average molecular weight is 243 g/mol. The van der Waals surface area contributed by atoms with E-state index in [4.69, 9.17) is 0 Å². The van der Waals surface area contributed by atoms with Crippen LogP contribution in [-0.4, -0.2) is 7.11 Å². The second-order valence-electron chi connectivity index (χ2n) is 2.83. The SMILES string of the molecule is COc1[c]cc(C(F)(F)F)cc1C(F)(F)F. The second kappa shape index (κ2) is 3.88. The minimum Gasteiger partial charge on any atom is -0.495 e. The Kier molecular flexibility index (Phi) is 3.07. The molecule has 1 aromatic carbocycles. The lowest BCUT2D eigenvalue weighted by atomic mass is 10.1. The van der Waals surface area contributed by atoms with E-state index in [-0.39, 0.29) is 6.07 Å².